The van der Waals surface area contributed by atoms with E-state index < -0.39 is 18.5 Å². The van der Waals surface area contributed by atoms with Crippen molar-refractivity contribution in [3.05, 3.63) is 43.0 Å². The van der Waals surface area contributed by atoms with Crippen molar-refractivity contribution < 1.29 is 23.8 Å². The zero-order chi connectivity index (χ0) is 12.5. The number of benzene rings is 1. The molecule has 5 nitrogen and oxygen atoms in total. The van der Waals surface area contributed by atoms with Crippen molar-refractivity contribution in [3.8, 4) is 0 Å². The maximum atomic E-state index is 11.2. The lowest BCUT2D eigenvalue weighted by atomic mass is 10.2. The number of carbonyl (C=O) groups is 2. The summed E-state index contributed by atoms with van der Waals surface area (Å²) in [5.41, 5.74) is 0.869. The Kier molecular flexibility index (Phi) is 5.74. The lowest BCUT2D eigenvalue weighted by molar-refractivity contribution is -0.161. The molecule has 1 rings (SSSR count). The van der Waals surface area contributed by atoms with Crippen LogP contribution in [-0.2, 0) is 30.4 Å². The van der Waals surface area contributed by atoms with Gasteiger partial charge in [-0.05, 0) is 5.56 Å². The Labute approximate surface area is 99.3 Å². The lowest BCUT2D eigenvalue weighted by Gasteiger charge is -2.07. The summed E-state index contributed by atoms with van der Waals surface area (Å²) in [6.07, 6.45) is 0. The van der Waals surface area contributed by atoms with Gasteiger partial charge in [0, 0.05) is 0 Å². The standard InChI is InChI=1S/C12H13O5/c1-15-8-11(13)17-9-12(14)16-7-10-5-3-2-4-6-10/h2-6H,1,7-9H2/q-1. The summed E-state index contributed by atoms with van der Waals surface area (Å²) >= 11 is 0. The Morgan fingerprint density at radius 1 is 1.00 bits per heavy atom. The average molecular weight is 237 g/mol. The van der Waals surface area contributed by atoms with Crippen molar-refractivity contribution in [1.29, 1.82) is 0 Å². The Balaban J connectivity index is 2.20. The van der Waals surface area contributed by atoms with Crippen molar-refractivity contribution in [1.82, 2.24) is 0 Å². The van der Waals surface area contributed by atoms with Crippen LogP contribution in [0.25, 0.3) is 0 Å². The van der Waals surface area contributed by atoms with Crippen LogP contribution in [0, 0.1) is 7.11 Å². The zero-order valence-corrected chi connectivity index (χ0v) is 9.26. The molecule has 1 aromatic carbocycles. The molecule has 0 saturated heterocycles. The van der Waals surface area contributed by atoms with Crippen LogP contribution in [0.2, 0.25) is 0 Å². The minimum Gasteiger partial charge on any atom is -0.547 e. The Hall–Kier alpha value is -1.88. The summed E-state index contributed by atoms with van der Waals surface area (Å²) in [7, 11) is 3.01. The Morgan fingerprint density at radius 3 is 2.29 bits per heavy atom. The molecular formula is C12H13O5-. The molecule has 17 heavy (non-hydrogen) atoms. The molecule has 1 aromatic rings. The fourth-order valence-corrected chi connectivity index (χ4v) is 1.04. The van der Waals surface area contributed by atoms with Crippen LogP contribution in [-0.4, -0.2) is 25.2 Å². The molecule has 0 atom stereocenters. The predicted octanol–water partition coefficient (Wildman–Crippen LogP) is 1.08. The van der Waals surface area contributed by atoms with E-state index in [2.05, 4.69) is 16.6 Å². The second kappa shape index (κ2) is 7.40. The molecule has 0 heterocycles. The van der Waals surface area contributed by atoms with Crippen LogP contribution in [0.15, 0.2) is 30.3 Å². The first-order chi connectivity index (χ1) is 8.22. The number of hydrogen-bond acceptors (Lipinski definition) is 5. The van der Waals surface area contributed by atoms with E-state index in [1.54, 1.807) is 0 Å². The second-order valence-corrected chi connectivity index (χ2v) is 3.16. The van der Waals surface area contributed by atoms with Gasteiger partial charge < -0.3 is 14.2 Å². The highest BCUT2D eigenvalue weighted by atomic mass is 16.6. The van der Waals surface area contributed by atoms with E-state index in [0.29, 0.717) is 0 Å². The van der Waals surface area contributed by atoms with Crippen LogP contribution in [0.4, 0.5) is 0 Å². The summed E-state index contributed by atoms with van der Waals surface area (Å²) in [6, 6.07) is 9.21. The highest BCUT2D eigenvalue weighted by molar-refractivity contribution is 5.76. The average Bonchev–Trinajstić information content (AvgIpc) is 2.35. The van der Waals surface area contributed by atoms with Gasteiger partial charge in [-0.3, -0.25) is 0 Å². The van der Waals surface area contributed by atoms with Gasteiger partial charge in [-0.2, -0.15) is 0 Å². The maximum absolute atomic E-state index is 11.2. The SMILES string of the molecule is [CH2-]OCC(=O)OCC(=O)OCc1ccccc1. The molecule has 0 aliphatic carbocycles. The predicted molar refractivity (Wildman–Crippen MR) is 58.5 cm³/mol. The van der Waals surface area contributed by atoms with E-state index in [4.69, 9.17) is 4.74 Å². The third kappa shape index (κ3) is 5.67. The van der Waals surface area contributed by atoms with Crippen molar-refractivity contribution in [2.24, 2.45) is 0 Å². The van der Waals surface area contributed by atoms with E-state index in [1.165, 1.54) is 0 Å². The fourth-order valence-electron chi connectivity index (χ4n) is 1.04. The Bertz CT molecular complexity index is 360. The van der Waals surface area contributed by atoms with Gasteiger partial charge in [-0.15, -0.1) is 0 Å². The third-order valence-electron chi connectivity index (χ3n) is 1.81. The maximum Gasteiger partial charge on any atom is 0.344 e. The van der Waals surface area contributed by atoms with Gasteiger partial charge in [-0.25, -0.2) is 16.7 Å². The smallest absolute Gasteiger partial charge is 0.344 e. The largest absolute Gasteiger partial charge is 0.547 e. The molecule has 92 valence electrons. The van der Waals surface area contributed by atoms with E-state index >= 15 is 0 Å². The van der Waals surface area contributed by atoms with Crippen LogP contribution in [0.5, 0.6) is 0 Å². The first kappa shape index (κ1) is 13.2. The molecule has 0 amide bonds. The molecule has 0 spiro atoms. The van der Waals surface area contributed by atoms with Gasteiger partial charge in [0.25, 0.3) is 0 Å². The van der Waals surface area contributed by atoms with E-state index in [-0.39, 0.29) is 13.2 Å². The number of ether oxygens (including phenoxy) is 3. The molecule has 0 aromatic heterocycles. The topological polar surface area (TPSA) is 61.8 Å². The lowest BCUT2D eigenvalue weighted by Crippen LogP contribution is -2.18. The molecule has 0 fully saturated rings. The third-order valence-corrected chi connectivity index (χ3v) is 1.81. The van der Waals surface area contributed by atoms with Crippen molar-refractivity contribution in [2.75, 3.05) is 13.2 Å². The second-order valence-electron chi connectivity index (χ2n) is 3.16. The van der Waals surface area contributed by atoms with Crippen LogP contribution in [0.1, 0.15) is 5.56 Å². The minimum atomic E-state index is -0.656. The summed E-state index contributed by atoms with van der Waals surface area (Å²) in [4.78, 5) is 22.0. The summed E-state index contributed by atoms with van der Waals surface area (Å²) in [5.74, 6) is -1.26. The van der Waals surface area contributed by atoms with Gasteiger partial charge in [0.1, 0.15) is 13.2 Å². The summed E-state index contributed by atoms with van der Waals surface area (Å²) in [6.45, 7) is -0.552. The van der Waals surface area contributed by atoms with Gasteiger partial charge in [0.15, 0.2) is 6.61 Å². The first-order valence-corrected chi connectivity index (χ1v) is 4.94. The normalized spacial score (nSPS) is 9.71. The van der Waals surface area contributed by atoms with Gasteiger partial charge in [0.2, 0.25) is 0 Å². The molecular weight excluding hydrogens is 224 g/mol. The van der Waals surface area contributed by atoms with Gasteiger partial charge in [0.05, 0.1) is 0 Å². The number of hydrogen-bond donors (Lipinski definition) is 0. The van der Waals surface area contributed by atoms with E-state index in [0.717, 1.165) is 5.56 Å². The first-order valence-electron chi connectivity index (χ1n) is 4.94. The van der Waals surface area contributed by atoms with Crippen molar-refractivity contribution in [2.45, 2.75) is 6.61 Å². The van der Waals surface area contributed by atoms with Crippen molar-refractivity contribution >= 4 is 11.9 Å². The monoisotopic (exact) mass is 237 g/mol. The molecule has 0 aliphatic rings. The van der Waals surface area contributed by atoms with E-state index in [9.17, 15) is 9.59 Å². The molecule has 0 unspecified atom stereocenters. The highest BCUT2D eigenvalue weighted by Gasteiger charge is 2.07. The van der Waals surface area contributed by atoms with Crippen LogP contribution in [0.3, 0.4) is 0 Å². The molecule has 0 aliphatic heterocycles. The quantitative estimate of drug-likeness (QED) is 0.547. The van der Waals surface area contributed by atoms with Gasteiger partial charge >= 0.3 is 11.9 Å². The number of esters is 2. The molecule has 5 heteroatoms. The molecule has 0 radical (unpaired) electrons. The summed E-state index contributed by atoms with van der Waals surface area (Å²) < 4.78 is 13.7. The summed E-state index contributed by atoms with van der Waals surface area (Å²) in [5, 5.41) is 0. The van der Waals surface area contributed by atoms with Crippen LogP contribution >= 0.6 is 0 Å². The van der Waals surface area contributed by atoms with Crippen LogP contribution < -0.4 is 0 Å². The minimum absolute atomic E-state index is 0.156. The van der Waals surface area contributed by atoms with Gasteiger partial charge in [-0.1, -0.05) is 30.3 Å². The molecule has 0 bridgehead atoms. The molecule has 0 saturated carbocycles. The zero-order valence-electron chi connectivity index (χ0n) is 9.26. The Morgan fingerprint density at radius 2 is 1.65 bits per heavy atom. The fraction of sp³-hybridized carbons (Fsp3) is 0.250. The number of carbonyl (C=O) groups excluding carboxylic acids is 2. The number of rotatable bonds is 6. The van der Waals surface area contributed by atoms with Crippen molar-refractivity contribution in [3.63, 3.8) is 0 Å². The highest BCUT2D eigenvalue weighted by Crippen LogP contribution is 2.00. The van der Waals surface area contributed by atoms with E-state index in [1.807, 2.05) is 30.3 Å². The molecule has 0 N–H and O–H groups in total.